The second-order valence-corrected chi connectivity index (χ2v) is 6.22. The van der Waals surface area contributed by atoms with Crippen LogP contribution in [-0.4, -0.2) is 16.1 Å². The van der Waals surface area contributed by atoms with E-state index in [1.807, 2.05) is 18.2 Å². The fourth-order valence-electron chi connectivity index (χ4n) is 2.59. The molecule has 1 heterocycles. The second kappa shape index (κ2) is 4.50. The highest BCUT2D eigenvalue weighted by Crippen LogP contribution is 2.42. The number of nitrogens with zero attached hydrogens (tertiary/aromatic N) is 2. The summed E-state index contributed by atoms with van der Waals surface area (Å²) >= 11 is 6.14. The van der Waals surface area contributed by atoms with Crippen LogP contribution in [0.25, 0.3) is 11.0 Å². The van der Waals surface area contributed by atoms with Crippen LogP contribution in [0, 0.1) is 0 Å². The molecule has 0 spiro atoms. The molecule has 19 heavy (non-hydrogen) atoms. The standard InChI is InChI=1S/C15H20ClN3/c1-3-15(2,9-17)14-18-12-7-4-10(16)8-13(12)19(14)11-5-6-11/h4,7-8,11H,3,5-6,9,17H2,1-2H3. The highest BCUT2D eigenvalue weighted by Gasteiger charge is 2.35. The Kier molecular flexibility index (Phi) is 3.06. The highest BCUT2D eigenvalue weighted by atomic mass is 35.5. The Morgan fingerprint density at radius 3 is 2.79 bits per heavy atom. The molecule has 0 saturated heterocycles. The lowest BCUT2D eigenvalue weighted by Crippen LogP contribution is -2.34. The van der Waals surface area contributed by atoms with E-state index in [1.165, 1.54) is 12.8 Å². The molecular formula is C15H20ClN3. The lowest BCUT2D eigenvalue weighted by molar-refractivity contribution is 0.418. The molecule has 3 rings (SSSR count). The summed E-state index contributed by atoms with van der Waals surface area (Å²) in [6.07, 6.45) is 3.46. The van der Waals surface area contributed by atoms with Crippen molar-refractivity contribution in [1.82, 2.24) is 9.55 Å². The van der Waals surface area contributed by atoms with Gasteiger partial charge in [0.1, 0.15) is 5.82 Å². The summed E-state index contributed by atoms with van der Waals surface area (Å²) in [5.41, 5.74) is 8.13. The maximum atomic E-state index is 6.14. The number of benzene rings is 1. The summed E-state index contributed by atoms with van der Waals surface area (Å²) in [7, 11) is 0. The van der Waals surface area contributed by atoms with E-state index in [2.05, 4.69) is 18.4 Å². The molecule has 3 nitrogen and oxygen atoms in total. The van der Waals surface area contributed by atoms with E-state index < -0.39 is 0 Å². The topological polar surface area (TPSA) is 43.8 Å². The lowest BCUT2D eigenvalue weighted by atomic mass is 9.86. The van der Waals surface area contributed by atoms with Crippen molar-refractivity contribution in [3.8, 4) is 0 Å². The Labute approximate surface area is 118 Å². The van der Waals surface area contributed by atoms with Crippen LogP contribution in [0.1, 0.15) is 45.0 Å². The van der Waals surface area contributed by atoms with E-state index in [0.717, 1.165) is 28.3 Å². The third-order valence-electron chi connectivity index (χ3n) is 4.33. The van der Waals surface area contributed by atoms with Crippen LogP contribution in [-0.2, 0) is 5.41 Å². The van der Waals surface area contributed by atoms with Crippen molar-refractivity contribution in [2.24, 2.45) is 5.73 Å². The van der Waals surface area contributed by atoms with E-state index in [0.29, 0.717) is 12.6 Å². The molecule has 1 aliphatic rings. The van der Waals surface area contributed by atoms with Gasteiger partial charge in [-0.25, -0.2) is 4.98 Å². The van der Waals surface area contributed by atoms with Gasteiger partial charge in [-0.3, -0.25) is 0 Å². The van der Waals surface area contributed by atoms with Crippen molar-refractivity contribution in [3.05, 3.63) is 29.0 Å². The number of nitrogens with two attached hydrogens (primary N) is 1. The SMILES string of the molecule is CCC(C)(CN)c1nc2ccc(Cl)cc2n1C1CC1. The Balaban J connectivity index is 2.26. The number of halogens is 1. The zero-order chi connectivity index (χ0) is 13.6. The van der Waals surface area contributed by atoms with Gasteiger partial charge in [0.2, 0.25) is 0 Å². The number of fused-ring (bicyclic) bond motifs is 1. The van der Waals surface area contributed by atoms with Crippen LogP contribution in [0.15, 0.2) is 18.2 Å². The zero-order valence-corrected chi connectivity index (χ0v) is 12.2. The Morgan fingerprint density at radius 2 is 2.21 bits per heavy atom. The van der Waals surface area contributed by atoms with E-state index in [4.69, 9.17) is 22.3 Å². The average Bonchev–Trinajstić information content (AvgIpc) is 3.18. The van der Waals surface area contributed by atoms with Crippen LogP contribution in [0.5, 0.6) is 0 Å². The molecule has 1 aliphatic carbocycles. The molecule has 1 atom stereocenters. The van der Waals surface area contributed by atoms with E-state index in [1.54, 1.807) is 0 Å². The first-order chi connectivity index (χ1) is 9.09. The highest BCUT2D eigenvalue weighted by molar-refractivity contribution is 6.31. The van der Waals surface area contributed by atoms with Gasteiger partial charge in [0.15, 0.2) is 0 Å². The lowest BCUT2D eigenvalue weighted by Gasteiger charge is -2.27. The predicted octanol–water partition coefficient (Wildman–Crippen LogP) is 3.65. The van der Waals surface area contributed by atoms with E-state index >= 15 is 0 Å². The van der Waals surface area contributed by atoms with Gasteiger partial charge in [0.05, 0.1) is 11.0 Å². The number of aromatic nitrogens is 2. The summed E-state index contributed by atoms with van der Waals surface area (Å²) in [6.45, 7) is 5.00. The number of hydrogen-bond donors (Lipinski definition) is 1. The smallest absolute Gasteiger partial charge is 0.117 e. The molecule has 1 aromatic heterocycles. The monoisotopic (exact) mass is 277 g/mol. The Bertz CT molecular complexity index is 609. The van der Waals surface area contributed by atoms with Gasteiger partial charge in [-0.2, -0.15) is 0 Å². The Hall–Kier alpha value is -1.06. The molecule has 2 N–H and O–H groups in total. The fraction of sp³-hybridized carbons (Fsp3) is 0.533. The van der Waals surface area contributed by atoms with Gasteiger partial charge in [0, 0.05) is 23.0 Å². The first kappa shape index (κ1) is 12.9. The van der Waals surface area contributed by atoms with E-state index in [9.17, 15) is 0 Å². The first-order valence-corrected chi connectivity index (χ1v) is 7.35. The minimum absolute atomic E-state index is 0.0614. The summed E-state index contributed by atoms with van der Waals surface area (Å²) in [5, 5.41) is 0.770. The fourth-order valence-corrected chi connectivity index (χ4v) is 2.75. The minimum atomic E-state index is -0.0614. The normalized spacial score (nSPS) is 18.7. The largest absolute Gasteiger partial charge is 0.329 e. The molecular weight excluding hydrogens is 258 g/mol. The van der Waals surface area contributed by atoms with Crippen molar-refractivity contribution < 1.29 is 0 Å². The zero-order valence-electron chi connectivity index (χ0n) is 11.5. The number of rotatable bonds is 4. The van der Waals surface area contributed by atoms with Crippen LogP contribution >= 0.6 is 11.6 Å². The molecule has 1 unspecified atom stereocenters. The van der Waals surface area contributed by atoms with Gasteiger partial charge in [-0.1, -0.05) is 25.4 Å². The molecule has 1 saturated carbocycles. The van der Waals surface area contributed by atoms with Crippen molar-refractivity contribution in [2.45, 2.75) is 44.6 Å². The van der Waals surface area contributed by atoms with Gasteiger partial charge < -0.3 is 10.3 Å². The van der Waals surface area contributed by atoms with E-state index in [-0.39, 0.29) is 5.41 Å². The first-order valence-electron chi connectivity index (χ1n) is 6.97. The van der Waals surface area contributed by atoms with Gasteiger partial charge >= 0.3 is 0 Å². The van der Waals surface area contributed by atoms with Crippen molar-refractivity contribution >= 4 is 22.6 Å². The van der Waals surface area contributed by atoms with Crippen LogP contribution < -0.4 is 5.73 Å². The van der Waals surface area contributed by atoms with Crippen molar-refractivity contribution in [3.63, 3.8) is 0 Å². The molecule has 0 bridgehead atoms. The molecule has 4 heteroatoms. The molecule has 0 radical (unpaired) electrons. The maximum Gasteiger partial charge on any atom is 0.117 e. The molecule has 1 aromatic carbocycles. The molecule has 2 aromatic rings. The number of imidazole rings is 1. The molecule has 0 aliphatic heterocycles. The summed E-state index contributed by atoms with van der Waals surface area (Å²) in [6, 6.07) is 6.52. The summed E-state index contributed by atoms with van der Waals surface area (Å²) in [4.78, 5) is 4.85. The maximum absolute atomic E-state index is 6.14. The quantitative estimate of drug-likeness (QED) is 0.927. The van der Waals surface area contributed by atoms with Crippen LogP contribution in [0.3, 0.4) is 0 Å². The molecule has 102 valence electrons. The van der Waals surface area contributed by atoms with Crippen molar-refractivity contribution in [2.75, 3.05) is 6.54 Å². The van der Waals surface area contributed by atoms with Crippen LogP contribution in [0.2, 0.25) is 5.02 Å². The van der Waals surface area contributed by atoms with Crippen LogP contribution in [0.4, 0.5) is 0 Å². The summed E-state index contributed by atoms with van der Waals surface area (Å²) in [5.74, 6) is 1.12. The third-order valence-corrected chi connectivity index (χ3v) is 4.57. The molecule has 0 amide bonds. The second-order valence-electron chi connectivity index (χ2n) is 5.79. The Morgan fingerprint density at radius 1 is 1.47 bits per heavy atom. The van der Waals surface area contributed by atoms with Gasteiger partial charge in [-0.05, 0) is 37.5 Å². The third kappa shape index (κ3) is 2.05. The molecule has 1 fully saturated rings. The van der Waals surface area contributed by atoms with Gasteiger partial charge in [0.25, 0.3) is 0 Å². The summed E-state index contributed by atoms with van der Waals surface area (Å²) < 4.78 is 2.37. The van der Waals surface area contributed by atoms with Gasteiger partial charge in [-0.15, -0.1) is 0 Å². The predicted molar refractivity (Wildman–Crippen MR) is 79.7 cm³/mol. The average molecular weight is 278 g/mol. The number of hydrogen-bond acceptors (Lipinski definition) is 2. The minimum Gasteiger partial charge on any atom is -0.329 e. The van der Waals surface area contributed by atoms with Crippen molar-refractivity contribution in [1.29, 1.82) is 0 Å².